The van der Waals surface area contributed by atoms with Crippen LogP contribution in [0.1, 0.15) is 31.2 Å². The van der Waals surface area contributed by atoms with Gasteiger partial charge in [-0.25, -0.2) is 4.39 Å². The molecule has 2 heteroatoms. The second-order valence-electron chi connectivity index (χ2n) is 5.59. The van der Waals surface area contributed by atoms with Gasteiger partial charge in [-0.05, 0) is 54.7 Å². The molecule has 0 amide bonds. The van der Waals surface area contributed by atoms with Gasteiger partial charge in [0.15, 0.2) is 0 Å². The first kappa shape index (κ1) is 11.2. The summed E-state index contributed by atoms with van der Waals surface area (Å²) in [7, 11) is 0. The van der Waals surface area contributed by atoms with Gasteiger partial charge in [0.25, 0.3) is 0 Å². The summed E-state index contributed by atoms with van der Waals surface area (Å²) in [4.78, 5) is 0. The van der Waals surface area contributed by atoms with Crippen molar-refractivity contribution in [3.05, 3.63) is 35.6 Å². The molecule has 92 valence electrons. The molecule has 0 radical (unpaired) electrons. The highest BCUT2D eigenvalue weighted by molar-refractivity contribution is 5.18. The van der Waals surface area contributed by atoms with Crippen LogP contribution in [-0.2, 0) is 6.42 Å². The topological polar surface area (TPSA) is 20.2 Å². The summed E-state index contributed by atoms with van der Waals surface area (Å²) in [6.07, 6.45) is 5.56. The molecule has 0 heterocycles. The van der Waals surface area contributed by atoms with Gasteiger partial charge in [-0.3, -0.25) is 0 Å². The van der Waals surface area contributed by atoms with Gasteiger partial charge in [0.1, 0.15) is 5.82 Å². The number of hydrogen-bond donors (Lipinski definition) is 1. The Morgan fingerprint density at radius 2 is 1.94 bits per heavy atom. The quantitative estimate of drug-likeness (QED) is 0.851. The summed E-state index contributed by atoms with van der Waals surface area (Å²) in [5, 5.41) is 10.2. The summed E-state index contributed by atoms with van der Waals surface area (Å²) in [5.74, 6) is 1.79. The minimum absolute atomic E-state index is 0.206. The predicted octanol–water partition coefficient (Wildman–Crippen LogP) is 3.17. The number of hydrogen-bond acceptors (Lipinski definition) is 1. The fourth-order valence-electron chi connectivity index (χ4n) is 3.66. The van der Waals surface area contributed by atoms with Crippen LogP contribution >= 0.6 is 0 Å². The molecule has 3 rings (SSSR count). The van der Waals surface area contributed by atoms with Crippen molar-refractivity contribution in [2.45, 2.75) is 38.2 Å². The van der Waals surface area contributed by atoms with Crippen LogP contribution < -0.4 is 0 Å². The van der Waals surface area contributed by atoms with Crippen LogP contribution in [0.25, 0.3) is 0 Å². The second kappa shape index (κ2) is 4.41. The Kier molecular flexibility index (Phi) is 2.91. The van der Waals surface area contributed by atoms with E-state index in [1.807, 2.05) is 6.07 Å². The van der Waals surface area contributed by atoms with E-state index in [1.54, 1.807) is 6.07 Å². The third kappa shape index (κ3) is 2.23. The number of rotatable bonds is 3. The molecule has 2 saturated carbocycles. The van der Waals surface area contributed by atoms with Gasteiger partial charge in [0.2, 0.25) is 0 Å². The summed E-state index contributed by atoms with van der Waals surface area (Å²) >= 11 is 0. The van der Waals surface area contributed by atoms with E-state index in [2.05, 4.69) is 0 Å². The van der Waals surface area contributed by atoms with Crippen LogP contribution in [0.15, 0.2) is 24.3 Å². The van der Waals surface area contributed by atoms with Crippen molar-refractivity contribution < 1.29 is 9.50 Å². The van der Waals surface area contributed by atoms with Crippen molar-refractivity contribution >= 4 is 0 Å². The number of halogens is 1. The lowest BCUT2D eigenvalue weighted by Crippen LogP contribution is -2.15. The highest BCUT2D eigenvalue weighted by Crippen LogP contribution is 2.57. The molecular weight excluding hydrogens is 215 g/mol. The average Bonchev–Trinajstić information content (AvgIpc) is 3.03. The van der Waals surface area contributed by atoms with Crippen molar-refractivity contribution in [1.29, 1.82) is 0 Å². The number of benzene rings is 1. The Hall–Kier alpha value is -0.890. The summed E-state index contributed by atoms with van der Waals surface area (Å²) in [5.41, 5.74) is 0.918. The molecule has 3 unspecified atom stereocenters. The fourth-order valence-corrected chi connectivity index (χ4v) is 3.66. The molecule has 1 aromatic carbocycles. The highest BCUT2D eigenvalue weighted by Gasteiger charge is 2.53. The normalized spacial score (nSPS) is 32.9. The first-order valence-electron chi connectivity index (χ1n) is 6.68. The molecule has 1 nitrogen and oxygen atoms in total. The van der Waals surface area contributed by atoms with Gasteiger partial charge in [-0.2, -0.15) is 0 Å². The van der Waals surface area contributed by atoms with E-state index in [-0.39, 0.29) is 11.9 Å². The molecule has 2 aliphatic rings. The molecule has 0 aliphatic heterocycles. The van der Waals surface area contributed by atoms with Crippen molar-refractivity contribution in [2.75, 3.05) is 0 Å². The van der Waals surface area contributed by atoms with Crippen LogP contribution in [0.2, 0.25) is 0 Å². The minimum Gasteiger partial charge on any atom is -0.392 e. The molecule has 1 N–H and O–H groups in total. The fraction of sp³-hybridized carbons (Fsp3) is 0.600. The van der Waals surface area contributed by atoms with E-state index in [0.29, 0.717) is 12.3 Å². The molecule has 2 aliphatic carbocycles. The van der Waals surface area contributed by atoms with Gasteiger partial charge in [-0.15, -0.1) is 0 Å². The van der Waals surface area contributed by atoms with E-state index < -0.39 is 0 Å². The first-order chi connectivity index (χ1) is 8.25. The summed E-state index contributed by atoms with van der Waals surface area (Å²) in [6.45, 7) is 0. The monoisotopic (exact) mass is 234 g/mol. The van der Waals surface area contributed by atoms with Gasteiger partial charge in [0, 0.05) is 0 Å². The Bertz CT molecular complexity index is 392. The largest absolute Gasteiger partial charge is 0.392 e. The zero-order valence-corrected chi connectivity index (χ0v) is 9.98. The molecule has 0 aromatic heterocycles. The van der Waals surface area contributed by atoms with Crippen LogP contribution in [-0.4, -0.2) is 11.2 Å². The molecule has 0 bridgehead atoms. The van der Waals surface area contributed by atoms with E-state index in [1.165, 1.54) is 37.8 Å². The van der Waals surface area contributed by atoms with Gasteiger partial charge in [-0.1, -0.05) is 25.0 Å². The predicted molar refractivity (Wildman–Crippen MR) is 65.0 cm³/mol. The van der Waals surface area contributed by atoms with Crippen molar-refractivity contribution in [1.82, 2.24) is 0 Å². The molecule has 17 heavy (non-hydrogen) atoms. The highest BCUT2D eigenvalue weighted by atomic mass is 19.1. The summed E-state index contributed by atoms with van der Waals surface area (Å²) < 4.78 is 13.0. The Balaban J connectivity index is 1.62. The van der Waals surface area contributed by atoms with E-state index in [4.69, 9.17) is 0 Å². The molecule has 1 aromatic rings. The Labute approximate surface area is 102 Å². The Morgan fingerprint density at radius 1 is 1.24 bits per heavy atom. The minimum atomic E-state index is -0.273. The third-order valence-electron chi connectivity index (χ3n) is 4.50. The standard InChI is InChI=1S/C15H19FO/c16-11-5-3-4-10(8-11)9-14(17)15-12-6-1-2-7-13(12)15/h3-5,8,12-15,17H,1-2,6-7,9H2. The maximum atomic E-state index is 13.0. The van der Waals surface area contributed by atoms with Crippen molar-refractivity contribution in [3.63, 3.8) is 0 Å². The molecule has 3 atom stereocenters. The van der Waals surface area contributed by atoms with Gasteiger partial charge >= 0.3 is 0 Å². The molecule has 0 saturated heterocycles. The first-order valence-corrected chi connectivity index (χ1v) is 6.68. The van der Waals surface area contributed by atoms with Gasteiger partial charge < -0.3 is 5.11 Å². The van der Waals surface area contributed by atoms with Crippen molar-refractivity contribution in [3.8, 4) is 0 Å². The van der Waals surface area contributed by atoms with Crippen molar-refractivity contribution in [2.24, 2.45) is 17.8 Å². The Morgan fingerprint density at radius 3 is 2.59 bits per heavy atom. The maximum absolute atomic E-state index is 13.0. The second-order valence-corrected chi connectivity index (χ2v) is 5.59. The zero-order valence-electron chi connectivity index (χ0n) is 9.98. The lowest BCUT2D eigenvalue weighted by atomic mass is 10.0. The maximum Gasteiger partial charge on any atom is 0.123 e. The van der Waals surface area contributed by atoms with Crippen LogP contribution in [0.3, 0.4) is 0 Å². The van der Waals surface area contributed by atoms with E-state index in [9.17, 15) is 9.50 Å². The average molecular weight is 234 g/mol. The zero-order chi connectivity index (χ0) is 11.8. The molecular formula is C15H19FO. The molecule has 2 fully saturated rings. The number of aliphatic hydroxyl groups excluding tert-OH is 1. The lowest BCUT2D eigenvalue weighted by Gasteiger charge is -2.10. The van der Waals surface area contributed by atoms with Crippen LogP contribution in [0.4, 0.5) is 4.39 Å². The number of aliphatic hydroxyl groups is 1. The lowest BCUT2D eigenvalue weighted by molar-refractivity contribution is 0.140. The molecule has 0 spiro atoms. The number of fused-ring (bicyclic) bond motifs is 1. The summed E-state index contributed by atoms with van der Waals surface area (Å²) in [6, 6.07) is 6.61. The SMILES string of the molecule is OC(Cc1cccc(F)c1)C1C2CCCCC21. The van der Waals surface area contributed by atoms with Crippen LogP contribution in [0, 0.1) is 23.6 Å². The smallest absolute Gasteiger partial charge is 0.123 e. The van der Waals surface area contributed by atoms with E-state index >= 15 is 0 Å². The third-order valence-corrected chi connectivity index (χ3v) is 4.50. The van der Waals surface area contributed by atoms with Crippen LogP contribution in [0.5, 0.6) is 0 Å². The van der Waals surface area contributed by atoms with Gasteiger partial charge in [0.05, 0.1) is 6.10 Å². The van der Waals surface area contributed by atoms with E-state index in [0.717, 1.165) is 17.4 Å².